The van der Waals surface area contributed by atoms with Crippen LogP contribution in [0.3, 0.4) is 0 Å². The van der Waals surface area contributed by atoms with Gasteiger partial charge in [-0.25, -0.2) is 13.2 Å². The van der Waals surface area contributed by atoms with Crippen molar-refractivity contribution in [1.82, 2.24) is 9.88 Å². The molecule has 0 aliphatic carbocycles. The van der Waals surface area contributed by atoms with Crippen molar-refractivity contribution in [2.45, 2.75) is 13.5 Å². The molecule has 0 unspecified atom stereocenters. The summed E-state index contributed by atoms with van der Waals surface area (Å²) in [5.41, 5.74) is 2.25. The summed E-state index contributed by atoms with van der Waals surface area (Å²) in [6.07, 6.45) is 2.39. The summed E-state index contributed by atoms with van der Waals surface area (Å²) in [5.74, 6) is -4.51. The van der Waals surface area contributed by atoms with Gasteiger partial charge in [0.15, 0.2) is 17.5 Å². The van der Waals surface area contributed by atoms with Crippen molar-refractivity contribution < 1.29 is 18.0 Å². The molecule has 0 aliphatic rings. The zero-order valence-electron chi connectivity index (χ0n) is 14.1. The molecule has 1 amide bonds. The average molecular weight is 358 g/mol. The smallest absolute Gasteiger partial charge is 0.244 e. The van der Waals surface area contributed by atoms with E-state index in [0.717, 1.165) is 34.8 Å². The highest BCUT2D eigenvalue weighted by molar-refractivity contribution is 5.91. The number of aromatic nitrogens is 1. The van der Waals surface area contributed by atoms with Crippen molar-refractivity contribution in [1.29, 1.82) is 0 Å². The molecule has 1 N–H and O–H groups in total. The van der Waals surface area contributed by atoms with Crippen molar-refractivity contribution in [2.75, 3.05) is 6.54 Å². The van der Waals surface area contributed by atoms with Crippen LogP contribution in [0.1, 0.15) is 11.3 Å². The SMILES string of the molecule is Cc1cc2ccccc2n1CCNC(=O)/C=C/c1cc(F)c(F)c(F)c1. The predicted molar refractivity (Wildman–Crippen MR) is 95.0 cm³/mol. The normalized spacial score (nSPS) is 11.4. The maximum Gasteiger partial charge on any atom is 0.244 e. The molecule has 134 valence electrons. The number of benzene rings is 2. The van der Waals surface area contributed by atoms with Gasteiger partial charge in [-0.05, 0) is 48.2 Å². The third-order valence-corrected chi connectivity index (χ3v) is 4.09. The molecule has 1 heterocycles. The van der Waals surface area contributed by atoms with Crippen LogP contribution in [0.25, 0.3) is 17.0 Å². The van der Waals surface area contributed by atoms with Gasteiger partial charge in [0.05, 0.1) is 0 Å². The molecule has 0 atom stereocenters. The first-order valence-corrected chi connectivity index (χ1v) is 8.11. The number of hydrogen-bond acceptors (Lipinski definition) is 1. The van der Waals surface area contributed by atoms with Crippen molar-refractivity contribution in [3.8, 4) is 0 Å². The number of para-hydroxylation sites is 1. The predicted octanol–water partition coefficient (Wildman–Crippen LogP) is 4.20. The monoisotopic (exact) mass is 358 g/mol. The highest BCUT2D eigenvalue weighted by Gasteiger charge is 2.09. The fraction of sp³-hybridized carbons (Fsp3) is 0.150. The van der Waals surface area contributed by atoms with Gasteiger partial charge in [-0.1, -0.05) is 18.2 Å². The molecular weight excluding hydrogens is 341 g/mol. The third-order valence-electron chi connectivity index (χ3n) is 4.09. The molecule has 0 radical (unpaired) electrons. The maximum atomic E-state index is 13.1. The van der Waals surface area contributed by atoms with Crippen LogP contribution in [0, 0.1) is 24.4 Å². The number of rotatable bonds is 5. The molecule has 0 fully saturated rings. The van der Waals surface area contributed by atoms with Gasteiger partial charge in [-0.3, -0.25) is 4.79 Å². The number of amides is 1. The van der Waals surface area contributed by atoms with E-state index in [0.29, 0.717) is 13.1 Å². The summed E-state index contributed by atoms with van der Waals surface area (Å²) < 4.78 is 41.3. The molecule has 3 rings (SSSR count). The summed E-state index contributed by atoms with van der Waals surface area (Å²) in [7, 11) is 0. The Balaban J connectivity index is 1.60. The molecule has 2 aromatic carbocycles. The van der Waals surface area contributed by atoms with Crippen LogP contribution < -0.4 is 5.32 Å². The summed E-state index contributed by atoms with van der Waals surface area (Å²) in [6.45, 7) is 2.99. The van der Waals surface area contributed by atoms with E-state index in [9.17, 15) is 18.0 Å². The number of nitrogens with one attached hydrogen (secondary N) is 1. The Morgan fingerprint density at radius 3 is 2.54 bits per heavy atom. The van der Waals surface area contributed by atoms with Crippen LogP contribution >= 0.6 is 0 Å². The molecule has 3 aromatic rings. The van der Waals surface area contributed by atoms with E-state index in [4.69, 9.17) is 0 Å². The molecule has 26 heavy (non-hydrogen) atoms. The number of fused-ring (bicyclic) bond motifs is 1. The van der Waals surface area contributed by atoms with Crippen LogP contribution in [0.4, 0.5) is 13.2 Å². The number of carbonyl (C=O) groups excluding carboxylic acids is 1. The second-order valence-corrected chi connectivity index (χ2v) is 5.92. The van der Waals surface area contributed by atoms with E-state index in [1.54, 1.807) is 0 Å². The lowest BCUT2D eigenvalue weighted by atomic mass is 10.2. The Labute approximate surface area is 148 Å². The minimum absolute atomic E-state index is 0.0730. The van der Waals surface area contributed by atoms with Gasteiger partial charge < -0.3 is 9.88 Å². The Kier molecular flexibility index (Phi) is 5.11. The minimum Gasteiger partial charge on any atom is -0.351 e. The number of hydrogen-bond donors (Lipinski definition) is 1. The second-order valence-electron chi connectivity index (χ2n) is 5.92. The molecule has 0 saturated heterocycles. The first-order valence-electron chi connectivity index (χ1n) is 8.11. The van der Waals surface area contributed by atoms with E-state index in [1.165, 1.54) is 6.08 Å². The fourth-order valence-corrected chi connectivity index (χ4v) is 2.84. The van der Waals surface area contributed by atoms with Crippen LogP contribution in [-0.4, -0.2) is 17.0 Å². The first kappa shape index (κ1) is 17.8. The zero-order chi connectivity index (χ0) is 18.7. The second kappa shape index (κ2) is 7.47. The van der Waals surface area contributed by atoms with Crippen molar-refractivity contribution in [2.24, 2.45) is 0 Å². The molecule has 1 aromatic heterocycles. The summed E-state index contributed by atoms with van der Waals surface area (Å²) in [6, 6.07) is 11.7. The lowest BCUT2D eigenvalue weighted by molar-refractivity contribution is -0.116. The van der Waals surface area contributed by atoms with Crippen LogP contribution in [-0.2, 0) is 11.3 Å². The Bertz CT molecular complexity index is 969. The maximum absolute atomic E-state index is 13.1. The molecule has 3 nitrogen and oxygen atoms in total. The number of carbonyl (C=O) groups is 1. The van der Waals surface area contributed by atoms with Crippen molar-refractivity contribution in [3.05, 3.63) is 77.2 Å². The zero-order valence-corrected chi connectivity index (χ0v) is 14.1. The average Bonchev–Trinajstić information content (AvgIpc) is 2.93. The molecular formula is C20H17F3N2O. The van der Waals surface area contributed by atoms with E-state index in [-0.39, 0.29) is 5.56 Å². The number of halogens is 3. The minimum atomic E-state index is -1.53. The van der Waals surface area contributed by atoms with E-state index >= 15 is 0 Å². The lowest BCUT2D eigenvalue weighted by Crippen LogP contribution is -2.25. The lowest BCUT2D eigenvalue weighted by Gasteiger charge is -2.08. The van der Waals surface area contributed by atoms with Gasteiger partial charge in [0.25, 0.3) is 0 Å². The van der Waals surface area contributed by atoms with Crippen LogP contribution in [0.15, 0.2) is 48.5 Å². The quantitative estimate of drug-likeness (QED) is 0.538. The molecule has 0 aliphatic heterocycles. The van der Waals surface area contributed by atoms with E-state index in [2.05, 4.69) is 16.0 Å². The van der Waals surface area contributed by atoms with Crippen LogP contribution in [0.5, 0.6) is 0 Å². The Morgan fingerprint density at radius 2 is 1.81 bits per heavy atom. The van der Waals surface area contributed by atoms with Gasteiger partial charge >= 0.3 is 0 Å². The Morgan fingerprint density at radius 1 is 1.12 bits per heavy atom. The standard InChI is InChI=1S/C20H17F3N2O/c1-13-10-15-4-2-3-5-18(15)25(13)9-8-24-19(26)7-6-14-11-16(21)20(23)17(22)12-14/h2-7,10-12H,8-9H2,1H3,(H,24,26)/b7-6+. The van der Waals surface area contributed by atoms with E-state index in [1.807, 2.05) is 31.2 Å². The van der Waals surface area contributed by atoms with Gasteiger partial charge in [-0.2, -0.15) is 0 Å². The molecule has 0 spiro atoms. The largest absolute Gasteiger partial charge is 0.351 e. The number of nitrogens with zero attached hydrogens (tertiary/aromatic N) is 1. The molecule has 0 bridgehead atoms. The highest BCUT2D eigenvalue weighted by atomic mass is 19.2. The number of aryl methyl sites for hydroxylation is 1. The fourth-order valence-electron chi connectivity index (χ4n) is 2.84. The van der Waals surface area contributed by atoms with E-state index < -0.39 is 23.4 Å². The molecule has 6 heteroatoms. The van der Waals surface area contributed by atoms with Crippen LogP contribution in [0.2, 0.25) is 0 Å². The summed E-state index contributed by atoms with van der Waals surface area (Å²) >= 11 is 0. The summed E-state index contributed by atoms with van der Waals surface area (Å²) in [4.78, 5) is 11.9. The van der Waals surface area contributed by atoms with Gasteiger partial charge in [-0.15, -0.1) is 0 Å². The van der Waals surface area contributed by atoms with Crippen molar-refractivity contribution in [3.63, 3.8) is 0 Å². The summed E-state index contributed by atoms with van der Waals surface area (Å²) in [5, 5.41) is 3.85. The van der Waals surface area contributed by atoms with Crippen molar-refractivity contribution >= 4 is 22.9 Å². The van der Waals surface area contributed by atoms with Gasteiger partial charge in [0.2, 0.25) is 5.91 Å². The third kappa shape index (κ3) is 3.79. The van der Waals surface area contributed by atoms with Gasteiger partial charge in [0.1, 0.15) is 0 Å². The Hall–Kier alpha value is -3.02. The first-order chi connectivity index (χ1) is 12.5. The van der Waals surface area contributed by atoms with Gasteiger partial charge in [0, 0.05) is 30.4 Å². The topological polar surface area (TPSA) is 34.0 Å². The molecule has 0 saturated carbocycles. The highest BCUT2D eigenvalue weighted by Crippen LogP contribution is 2.18.